The smallest absolute Gasteiger partial charge is 0.312 e. The number of esters is 1. The summed E-state index contributed by atoms with van der Waals surface area (Å²) in [7, 11) is 1.56. The Morgan fingerprint density at radius 3 is 2.16 bits per heavy atom. The Labute approximate surface area is 188 Å². The lowest BCUT2D eigenvalue weighted by molar-refractivity contribution is -0.148. The van der Waals surface area contributed by atoms with E-state index in [0.717, 1.165) is 16.7 Å². The number of primary amides is 1. The van der Waals surface area contributed by atoms with Crippen molar-refractivity contribution >= 4 is 17.9 Å². The first kappa shape index (κ1) is 24.7. The summed E-state index contributed by atoms with van der Waals surface area (Å²) in [5, 5.41) is 5.51. The average Bonchev–Trinajstić information content (AvgIpc) is 2.72. The number of nitrogens with one attached hydrogen (secondary N) is 2. The van der Waals surface area contributed by atoms with Crippen LogP contribution in [0.25, 0.3) is 0 Å². The number of benzene rings is 2. The molecule has 0 saturated heterocycles. The first-order valence-corrected chi connectivity index (χ1v) is 10.4. The van der Waals surface area contributed by atoms with Crippen LogP contribution in [0.2, 0.25) is 0 Å². The van der Waals surface area contributed by atoms with E-state index in [-0.39, 0.29) is 24.9 Å². The van der Waals surface area contributed by atoms with Crippen molar-refractivity contribution in [2.75, 3.05) is 7.11 Å². The second kappa shape index (κ2) is 11.7. The van der Waals surface area contributed by atoms with Crippen LogP contribution in [0.4, 0.5) is 4.79 Å². The monoisotopic (exact) mass is 441 g/mol. The van der Waals surface area contributed by atoms with Gasteiger partial charge in [-0.25, -0.2) is 4.79 Å². The van der Waals surface area contributed by atoms with Crippen LogP contribution >= 0.6 is 0 Å². The van der Waals surface area contributed by atoms with Gasteiger partial charge in [-0.15, -0.1) is 0 Å². The first-order valence-electron chi connectivity index (χ1n) is 10.4. The number of nitrogens with two attached hydrogens (primary N) is 1. The van der Waals surface area contributed by atoms with Crippen molar-refractivity contribution in [3.05, 3.63) is 65.2 Å². The molecule has 2 aromatic carbocycles. The van der Waals surface area contributed by atoms with Crippen molar-refractivity contribution in [3.8, 4) is 5.75 Å². The molecule has 0 aromatic heterocycles. The zero-order valence-electron chi connectivity index (χ0n) is 18.9. The number of hydrogen-bond acceptors (Lipinski definition) is 5. The van der Waals surface area contributed by atoms with Crippen molar-refractivity contribution in [1.29, 1.82) is 0 Å². The Morgan fingerprint density at radius 1 is 0.938 bits per heavy atom. The third-order valence-electron chi connectivity index (χ3n) is 4.74. The maximum Gasteiger partial charge on any atom is 0.312 e. The van der Waals surface area contributed by atoms with Crippen LogP contribution < -0.4 is 21.1 Å². The van der Waals surface area contributed by atoms with Gasteiger partial charge in [0.05, 0.1) is 38.1 Å². The molecule has 0 heterocycles. The molecule has 0 aliphatic rings. The minimum Gasteiger partial charge on any atom is -0.497 e. The fourth-order valence-corrected chi connectivity index (χ4v) is 3.32. The molecule has 4 N–H and O–H groups in total. The number of carbonyl (C=O) groups is 3. The number of amides is 3. The molecule has 0 aliphatic heterocycles. The standard InChI is InChI=1S/C24H31N3O5/c1-15(2)32-23(29)14-21(17-8-10-19(31-4)11-9-17)26-22(28)13-20(27-24(25)30)18-7-5-6-16(3)12-18/h5-12,15,20-21H,13-14H2,1-4H3,(H,26,28)(H3,25,27,30)/t20-,21-/m0/s1. The number of ether oxygens (including phenoxy) is 2. The predicted molar refractivity (Wildman–Crippen MR) is 121 cm³/mol. The highest BCUT2D eigenvalue weighted by molar-refractivity contribution is 5.80. The Balaban J connectivity index is 2.20. The molecule has 2 atom stereocenters. The van der Waals surface area contributed by atoms with Crippen LogP contribution in [0.15, 0.2) is 48.5 Å². The van der Waals surface area contributed by atoms with Gasteiger partial charge in [0, 0.05) is 0 Å². The third-order valence-corrected chi connectivity index (χ3v) is 4.74. The van der Waals surface area contributed by atoms with Crippen molar-refractivity contribution < 1.29 is 23.9 Å². The molecule has 0 bridgehead atoms. The SMILES string of the molecule is COc1ccc([C@H](CC(=O)OC(C)C)NC(=O)C[C@H](NC(N)=O)c2cccc(C)c2)cc1. The molecule has 8 heteroatoms. The van der Waals surface area contributed by atoms with Crippen LogP contribution in [0.3, 0.4) is 0 Å². The second-order valence-electron chi connectivity index (χ2n) is 7.82. The van der Waals surface area contributed by atoms with Crippen LogP contribution in [0, 0.1) is 6.92 Å². The van der Waals surface area contributed by atoms with E-state index < -0.39 is 24.1 Å². The molecule has 3 amide bonds. The first-order chi connectivity index (χ1) is 15.2. The minimum absolute atomic E-state index is 0.0331. The van der Waals surface area contributed by atoms with Gasteiger partial charge in [-0.05, 0) is 44.0 Å². The van der Waals surface area contributed by atoms with E-state index in [1.54, 1.807) is 45.2 Å². The Morgan fingerprint density at radius 2 is 1.59 bits per heavy atom. The molecule has 0 unspecified atom stereocenters. The predicted octanol–water partition coefficient (Wildman–Crippen LogP) is 3.30. The zero-order chi connectivity index (χ0) is 23.7. The molecule has 2 rings (SSSR count). The van der Waals surface area contributed by atoms with Gasteiger partial charge in [0.2, 0.25) is 5.91 Å². The summed E-state index contributed by atoms with van der Waals surface area (Å²) in [4.78, 5) is 36.7. The summed E-state index contributed by atoms with van der Waals surface area (Å²) in [6, 6.07) is 12.6. The number of methoxy groups -OCH3 is 1. The van der Waals surface area contributed by atoms with Gasteiger partial charge in [0.15, 0.2) is 0 Å². The summed E-state index contributed by atoms with van der Waals surface area (Å²) in [5.41, 5.74) is 7.81. The van der Waals surface area contributed by atoms with Crippen molar-refractivity contribution in [2.24, 2.45) is 5.73 Å². The molecule has 0 fully saturated rings. The van der Waals surface area contributed by atoms with E-state index in [0.29, 0.717) is 5.75 Å². The van der Waals surface area contributed by atoms with Gasteiger partial charge in [0.25, 0.3) is 0 Å². The Bertz CT molecular complexity index is 927. The summed E-state index contributed by atoms with van der Waals surface area (Å²) in [6.07, 6.45) is -0.340. The fraction of sp³-hybridized carbons (Fsp3) is 0.375. The lowest BCUT2D eigenvalue weighted by Gasteiger charge is -2.22. The maximum absolute atomic E-state index is 12.9. The van der Waals surface area contributed by atoms with Crippen LogP contribution in [-0.2, 0) is 14.3 Å². The van der Waals surface area contributed by atoms with Gasteiger partial charge in [-0.1, -0.05) is 42.0 Å². The lowest BCUT2D eigenvalue weighted by atomic mass is 9.99. The number of carbonyl (C=O) groups excluding carboxylic acids is 3. The maximum atomic E-state index is 12.9. The molecular formula is C24H31N3O5. The molecule has 0 aliphatic carbocycles. The average molecular weight is 442 g/mol. The molecule has 0 saturated carbocycles. The Hall–Kier alpha value is -3.55. The number of rotatable bonds is 10. The van der Waals surface area contributed by atoms with E-state index in [1.165, 1.54) is 0 Å². The Kier molecular flexibility index (Phi) is 9.07. The van der Waals surface area contributed by atoms with E-state index in [2.05, 4.69) is 10.6 Å². The van der Waals surface area contributed by atoms with Crippen LogP contribution in [0.1, 0.15) is 55.5 Å². The topological polar surface area (TPSA) is 120 Å². The van der Waals surface area contributed by atoms with Gasteiger partial charge >= 0.3 is 12.0 Å². The van der Waals surface area contributed by atoms with Gasteiger partial charge in [-0.2, -0.15) is 0 Å². The quantitative estimate of drug-likeness (QED) is 0.489. The van der Waals surface area contributed by atoms with Gasteiger partial charge < -0.3 is 25.8 Å². The summed E-state index contributed by atoms with van der Waals surface area (Å²) < 4.78 is 10.4. The molecule has 32 heavy (non-hydrogen) atoms. The fourth-order valence-electron chi connectivity index (χ4n) is 3.32. The number of aryl methyl sites for hydroxylation is 1. The van der Waals surface area contributed by atoms with Gasteiger partial charge in [0.1, 0.15) is 5.75 Å². The summed E-state index contributed by atoms with van der Waals surface area (Å²) in [5.74, 6) is -0.108. The minimum atomic E-state index is -0.725. The van der Waals surface area contributed by atoms with Crippen LogP contribution in [0.5, 0.6) is 5.75 Å². The van der Waals surface area contributed by atoms with Gasteiger partial charge in [-0.3, -0.25) is 9.59 Å². The van der Waals surface area contributed by atoms with Crippen molar-refractivity contribution in [3.63, 3.8) is 0 Å². The molecule has 0 spiro atoms. The van der Waals surface area contributed by atoms with Crippen molar-refractivity contribution in [2.45, 2.75) is 51.8 Å². The van der Waals surface area contributed by atoms with Crippen LogP contribution in [-0.4, -0.2) is 31.1 Å². The second-order valence-corrected chi connectivity index (χ2v) is 7.82. The highest BCUT2D eigenvalue weighted by Crippen LogP contribution is 2.23. The van der Waals surface area contributed by atoms with Crippen molar-refractivity contribution in [1.82, 2.24) is 10.6 Å². The molecular weight excluding hydrogens is 410 g/mol. The highest BCUT2D eigenvalue weighted by atomic mass is 16.5. The molecule has 172 valence electrons. The number of hydrogen-bond donors (Lipinski definition) is 3. The highest BCUT2D eigenvalue weighted by Gasteiger charge is 2.23. The van der Waals surface area contributed by atoms with E-state index >= 15 is 0 Å². The third kappa shape index (κ3) is 7.94. The number of urea groups is 1. The normalized spacial score (nSPS) is 12.5. The summed E-state index contributed by atoms with van der Waals surface area (Å²) >= 11 is 0. The summed E-state index contributed by atoms with van der Waals surface area (Å²) in [6.45, 7) is 5.45. The molecule has 0 radical (unpaired) electrons. The van der Waals surface area contributed by atoms with E-state index in [4.69, 9.17) is 15.2 Å². The molecule has 2 aromatic rings. The lowest BCUT2D eigenvalue weighted by Crippen LogP contribution is -2.38. The van der Waals surface area contributed by atoms with E-state index in [9.17, 15) is 14.4 Å². The zero-order valence-corrected chi connectivity index (χ0v) is 18.9. The van der Waals surface area contributed by atoms with E-state index in [1.807, 2.05) is 31.2 Å². The molecule has 8 nitrogen and oxygen atoms in total. The largest absolute Gasteiger partial charge is 0.497 e.